The zero-order valence-electron chi connectivity index (χ0n) is 15.2. The highest BCUT2D eigenvalue weighted by molar-refractivity contribution is 6.02. The molecular weight excluding hydrogens is 344 g/mol. The number of fused-ring (bicyclic) bond motifs is 1. The van der Waals surface area contributed by atoms with Gasteiger partial charge in [0.15, 0.2) is 11.5 Å². The summed E-state index contributed by atoms with van der Waals surface area (Å²) < 4.78 is 11.0. The van der Waals surface area contributed by atoms with Gasteiger partial charge in [-0.15, -0.1) is 0 Å². The minimum absolute atomic E-state index is 0.274. The molecule has 142 valence electrons. The number of carbonyl (C=O) groups excluding carboxylic acids is 1. The van der Waals surface area contributed by atoms with Gasteiger partial charge in [-0.25, -0.2) is 9.97 Å². The van der Waals surface area contributed by atoms with Gasteiger partial charge >= 0.3 is 0 Å². The lowest BCUT2D eigenvalue weighted by atomic mass is 10.1. The average Bonchev–Trinajstić information content (AvgIpc) is 2.97. The molecule has 1 fully saturated rings. The number of anilines is 2. The minimum atomic E-state index is -0.305. The van der Waals surface area contributed by atoms with Crippen molar-refractivity contribution in [3.8, 4) is 11.5 Å². The van der Waals surface area contributed by atoms with Crippen LogP contribution in [-0.4, -0.2) is 35.1 Å². The molecule has 1 aliphatic heterocycles. The quantitative estimate of drug-likeness (QED) is 0.802. The molecule has 0 radical (unpaired) electrons. The first kappa shape index (κ1) is 17.6. The Bertz CT molecular complexity index is 786. The Kier molecular flexibility index (Phi) is 5.37. The van der Waals surface area contributed by atoms with Gasteiger partial charge in [0.1, 0.15) is 24.7 Å². The number of benzene rings is 1. The minimum Gasteiger partial charge on any atom is -0.486 e. The van der Waals surface area contributed by atoms with Crippen LogP contribution >= 0.6 is 0 Å². The molecule has 1 aromatic heterocycles. The van der Waals surface area contributed by atoms with Crippen molar-refractivity contribution in [3.05, 3.63) is 36.3 Å². The summed E-state index contributed by atoms with van der Waals surface area (Å²) >= 11 is 0. The number of nitrogens with zero attached hydrogens (tertiary/aromatic N) is 2. The van der Waals surface area contributed by atoms with E-state index in [0.29, 0.717) is 36.4 Å². The van der Waals surface area contributed by atoms with E-state index in [4.69, 9.17) is 9.47 Å². The third-order valence-corrected chi connectivity index (χ3v) is 4.89. The summed E-state index contributed by atoms with van der Waals surface area (Å²) in [4.78, 5) is 21.0. The maximum Gasteiger partial charge on any atom is 0.275 e. The lowest BCUT2D eigenvalue weighted by molar-refractivity contribution is 0.102. The van der Waals surface area contributed by atoms with Crippen LogP contribution in [-0.2, 0) is 0 Å². The summed E-state index contributed by atoms with van der Waals surface area (Å²) in [6.45, 7) is 1.04. The molecule has 0 unspecified atom stereocenters. The van der Waals surface area contributed by atoms with Crippen LogP contribution in [0, 0.1) is 0 Å². The molecule has 0 saturated heterocycles. The smallest absolute Gasteiger partial charge is 0.275 e. The molecule has 0 spiro atoms. The van der Waals surface area contributed by atoms with E-state index in [9.17, 15) is 4.79 Å². The SMILES string of the molecule is O=C(Nc1ccc2c(c1)OCCO2)c1cnc(NC2CCCCCC2)cn1. The summed E-state index contributed by atoms with van der Waals surface area (Å²) in [5.74, 6) is 1.74. The van der Waals surface area contributed by atoms with Crippen molar-refractivity contribution in [2.45, 2.75) is 44.6 Å². The summed E-state index contributed by atoms with van der Waals surface area (Å²) in [7, 11) is 0. The Morgan fingerprint density at radius 1 is 0.963 bits per heavy atom. The highest BCUT2D eigenvalue weighted by Gasteiger charge is 2.15. The van der Waals surface area contributed by atoms with Gasteiger partial charge in [-0.05, 0) is 25.0 Å². The number of nitrogens with one attached hydrogen (secondary N) is 2. The van der Waals surface area contributed by atoms with E-state index in [1.54, 1.807) is 24.4 Å². The summed E-state index contributed by atoms with van der Waals surface area (Å²) in [6.07, 6.45) is 10.6. The van der Waals surface area contributed by atoms with Gasteiger partial charge in [-0.1, -0.05) is 25.7 Å². The Balaban J connectivity index is 1.37. The summed E-state index contributed by atoms with van der Waals surface area (Å²) in [5, 5.41) is 6.26. The molecule has 1 amide bonds. The fourth-order valence-corrected chi connectivity index (χ4v) is 3.47. The van der Waals surface area contributed by atoms with Crippen molar-refractivity contribution in [1.82, 2.24) is 9.97 Å². The molecule has 1 saturated carbocycles. The number of rotatable bonds is 4. The molecule has 2 heterocycles. The van der Waals surface area contributed by atoms with Crippen molar-refractivity contribution >= 4 is 17.4 Å². The molecule has 1 aliphatic carbocycles. The van der Waals surface area contributed by atoms with Crippen LogP contribution in [0.4, 0.5) is 11.5 Å². The van der Waals surface area contributed by atoms with Gasteiger partial charge in [-0.3, -0.25) is 4.79 Å². The predicted octanol–water partition coefficient (Wildman–Crippen LogP) is 3.63. The van der Waals surface area contributed by atoms with Crippen LogP contribution < -0.4 is 20.1 Å². The monoisotopic (exact) mass is 368 g/mol. The number of hydrogen-bond donors (Lipinski definition) is 2. The third kappa shape index (κ3) is 4.48. The van der Waals surface area contributed by atoms with Crippen LogP contribution in [0.3, 0.4) is 0 Å². The molecule has 27 heavy (non-hydrogen) atoms. The maximum atomic E-state index is 12.4. The van der Waals surface area contributed by atoms with Crippen molar-refractivity contribution in [1.29, 1.82) is 0 Å². The number of ether oxygens (including phenoxy) is 2. The van der Waals surface area contributed by atoms with Crippen LogP contribution in [0.25, 0.3) is 0 Å². The lowest BCUT2D eigenvalue weighted by Crippen LogP contribution is -2.20. The Morgan fingerprint density at radius 2 is 1.74 bits per heavy atom. The second kappa shape index (κ2) is 8.24. The van der Waals surface area contributed by atoms with E-state index in [1.807, 2.05) is 0 Å². The molecule has 4 rings (SSSR count). The highest BCUT2D eigenvalue weighted by atomic mass is 16.6. The predicted molar refractivity (Wildman–Crippen MR) is 103 cm³/mol. The first-order valence-electron chi connectivity index (χ1n) is 9.57. The molecular formula is C20H24N4O3. The number of amides is 1. The number of carbonyl (C=O) groups is 1. The summed E-state index contributed by atoms with van der Waals surface area (Å²) in [5.41, 5.74) is 0.906. The van der Waals surface area contributed by atoms with E-state index < -0.39 is 0 Å². The van der Waals surface area contributed by atoms with E-state index in [0.717, 1.165) is 18.7 Å². The van der Waals surface area contributed by atoms with Crippen LogP contribution in [0.15, 0.2) is 30.6 Å². The Morgan fingerprint density at radius 3 is 2.48 bits per heavy atom. The van der Waals surface area contributed by atoms with Gasteiger partial charge in [0.2, 0.25) is 0 Å². The van der Waals surface area contributed by atoms with E-state index in [2.05, 4.69) is 20.6 Å². The normalized spacial score (nSPS) is 17.0. The topological polar surface area (TPSA) is 85.4 Å². The van der Waals surface area contributed by atoms with Gasteiger partial charge in [0.25, 0.3) is 5.91 Å². The molecule has 2 aliphatic rings. The van der Waals surface area contributed by atoms with Crippen molar-refractivity contribution < 1.29 is 14.3 Å². The molecule has 0 atom stereocenters. The first-order valence-corrected chi connectivity index (χ1v) is 9.57. The van der Waals surface area contributed by atoms with Crippen molar-refractivity contribution in [2.75, 3.05) is 23.8 Å². The van der Waals surface area contributed by atoms with E-state index in [-0.39, 0.29) is 11.6 Å². The van der Waals surface area contributed by atoms with E-state index in [1.165, 1.54) is 31.9 Å². The molecule has 7 nitrogen and oxygen atoms in total. The van der Waals surface area contributed by atoms with Gasteiger partial charge in [-0.2, -0.15) is 0 Å². The second-order valence-electron chi connectivity index (χ2n) is 6.93. The second-order valence-corrected chi connectivity index (χ2v) is 6.93. The lowest BCUT2D eigenvalue weighted by Gasteiger charge is -2.19. The van der Waals surface area contributed by atoms with E-state index >= 15 is 0 Å². The van der Waals surface area contributed by atoms with Gasteiger partial charge in [0, 0.05) is 17.8 Å². The zero-order chi connectivity index (χ0) is 18.5. The fourth-order valence-electron chi connectivity index (χ4n) is 3.47. The number of hydrogen-bond acceptors (Lipinski definition) is 6. The van der Waals surface area contributed by atoms with Crippen LogP contribution in [0.5, 0.6) is 11.5 Å². The molecule has 2 aromatic rings. The molecule has 2 N–H and O–H groups in total. The molecule has 7 heteroatoms. The Hall–Kier alpha value is -2.83. The van der Waals surface area contributed by atoms with Gasteiger partial charge in [0.05, 0.1) is 12.4 Å². The van der Waals surface area contributed by atoms with Crippen LogP contribution in [0.2, 0.25) is 0 Å². The fraction of sp³-hybridized carbons (Fsp3) is 0.450. The molecule has 1 aromatic carbocycles. The van der Waals surface area contributed by atoms with Crippen molar-refractivity contribution in [3.63, 3.8) is 0 Å². The largest absolute Gasteiger partial charge is 0.486 e. The van der Waals surface area contributed by atoms with Crippen molar-refractivity contribution in [2.24, 2.45) is 0 Å². The zero-order valence-corrected chi connectivity index (χ0v) is 15.2. The summed E-state index contributed by atoms with van der Waals surface area (Å²) in [6, 6.07) is 5.76. The molecule has 0 bridgehead atoms. The third-order valence-electron chi connectivity index (χ3n) is 4.89. The maximum absolute atomic E-state index is 12.4. The van der Waals surface area contributed by atoms with Gasteiger partial charge < -0.3 is 20.1 Å². The highest BCUT2D eigenvalue weighted by Crippen LogP contribution is 2.32. The Labute approximate surface area is 158 Å². The first-order chi connectivity index (χ1) is 13.3. The van der Waals surface area contributed by atoms with Crippen LogP contribution in [0.1, 0.15) is 49.0 Å². The standard InChI is InChI=1S/C20H24N4O3/c25-20(24-15-7-8-17-18(11-15)27-10-9-26-17)16-12-22-19(13-21-16)23-14-5-3-1-2-4-6-14/h7-8,11-14H,1-6,9-10H2,(H,22,23)(H,24,25). The average molecular weight is 368 g/mol. The number of aromatic nitrogens is 2.